The van der Waals surface area contributed by atoms with Crippen molar-refractivity contribution in [3.05, 3.63) is 18.2 Å². The van der Waals surface area contributed by atoms with Crippen molar-refractivity contribution in [2.45, 2.75) is 19.5 Å². The molecule has 5 nitrogen and oxygen atoms in total. The van der Waals surface area contributed by atoms with E-state index in [-0.39, 0.29) is 6.54 Å². The fraction of sp³-hybridized carbons (Fsp3) is 0.444. The molecule has 0 spiro atoms. The number of rotatable bonds is 3. The van der Waals surface area contributed by atoms with Crippen LogP contribution >= 0.6 is 0 Å². The summed E-state index contributed by atoms with van der Waals surface area (Å²) in [4.78, 5) is 3.94. The van der Waals surface area contributed by atoms with E-state index in [4.69, 9.17) is 0 Å². The van der Waals surface area contributed by atoms with E-state index in [2.05, 4.69) is 20.5 Å². The van der Waals surface area contributed by atoms with Gasteiger partial charge in [0, 0.05) is 18.9 Å². The van der Waals surface area contributed by atoms with Gasteiger partial charge in [-0.05, 0) is 6.92 Å². The summed E-state index contributed by atoms with van der Waals surface area (Å²) in [5, 5.41) is 10.3. The molecule has 0 unspecified atom stereocenters. The predicted octanol–water partition coefficient (Wildman–Crippen LogP) is 1.80. The van der Waals surface area contributed by atoms with Gasteiger partial charge in [-0.25, -0.2) is 4.98 Å². The van der Waals surface area contributed by atoms with Crippen LogP contribution in [0.5, 0.6) is 0 Å². The van der Waals surface area contributed by atoms with Crippen LogP contribution in [0.1, 0.15) is 12.2 Å². The third-order valence-electron chi connectivity index (χ3n) is 2.20. The van der Waals surface area contributed by atoms with Crippen molar-refractivity contribution in [2.75, 3.05) is 11.9 Å². The summed E-state index contributed by atoms with van der Waals surface area (Å²) >= 11 is 0. The fourth-order valence-electron chi connectivity index (χ4n) is 1.39. The van der Waals surface area contributed by atoms with Gasteiger partial charge in [0.15, 0.2) is 5.82 Å². The molecule has 0 amide bonds. The lowest BCUT2D eigenvalue weighted by molar-refractivity contribution is -0.131. The largest absolute Gasteiger partial charge is 0.390 e. The molecule has 0 saturated heterocycles. The Bertz CT molecular complexity index is 519. The van der Waals surface area contributed by atoms with E-state index < -0.39 is 12.6 Å². The predicted molar refractivity (Wildman–Crippen MR) is 54.7 cm³/mol. The topological polar surface area (TPSA) is 55.1 Å². The Balaban J connectivity index is 2.14. The number of hydrogen-bond acceptors (Lipinski definition) is 4. The molecular formula is C9H10F3N5. The number of halogens is 3. The van der Waals surface area contributed by atoms with Gasteiger partial charge in [0.25, 0.3) is 0 Å². The molecule has 0 aliphatic carbocycles. The summed E-state index contributed by atoms with van der Waals surface area (Å²) in [5.74, 6) is 0.957. The van der Waals surface area contributed by atoms with E-state index in [0.717, 1.165) is 0 Å². The number of aryl methyl sites for hydroxylation is 1. The number of hydrogen-bond donors (Lipinski definition) is 1. The third-order valence-corrected chi connectivity index (χ3v) is 2.20. The van der Waals surface area contributed by atoms with Gasteiger partial charge in [-0.2, -0.15) is 13.2 Å². The Labute approximate surface area is 94.7 Å². The number of aromatic nitrogens is 4. The molecule has 2 rings (SSSR count). The van der Waals surface area contributed by atoms with Crippen molar-refractivity contribution >= 4 is 11.5 Å². The molecular weight excluding hydrogens is 235 g/mol. The average molecular weight is 245 g/mol. The fourth-order valence-corrected chi connectivity index (χ4v) is 1.39. The Hall–Kier alpha value is -1.86. The van der Waals surface area contributed by atoms with Crippen LogP contribution in [0.4, 0.5) is 19.0 Å². The maximum absolute atomic E-state index is 12.0. The third kappa shape index (κ3) is 2.63. The van der Waals surface area contributed by atoms with Crippen LogP contribution in [0.2, 0.25) is 0 Å². The van der Waals surface area contributed by atoms with Crippen molar-refractivity contribution in [3.63, 3.8) is 0 Å². The maximum Gasteiger partial charge on any atom is 0.390 e. The van der Waals surface area contributed by atoms with E-state index >= 15 is 0 Å². The molecule has 0 aromatic carbocycles. The minimum absolute atomic E-state index is 0.234. The molecule has 0 fully saturated rings. The lowest BCUT2D eigenvalue weighted by Gasteiger charge is -2.08. The molecule has 2 aromatic heterocycles. The van der Waals surface area contributed by atoms with Crippen LogP contribution < -0.4 is 5.32 Å². The van der Waals surface area contributed by atoms with Gasteiger partial charge in [0.05, 0.1) is 6.42 Å². The van der Waals surface area contributed by atoms with E-state index in [1.54, 1.807) is 17.5 Å². The molecule has 0 aliphatic rings. The van der Waals surface area contributed by atoms with Crippen molar-refractivity contribution in [3.8, 4) is 0 Å². The Morgan fingerprint density at radius 3 is 2.82 bits per heavy atom. The highest BCUT2D eigenvalue weighted by Crippen LogP contribution is 2.20. The maximum atomic E-state index is 12.0. The first-order valence-corrected chi connectivity index (χ1v) is 4.94. The highest BCUT2D eigenvalue weighted by molar-refractivity contribution is 5.61. The first kappa shape index (κ1) is 11.6. The zero-order chi connectivity index (χ0) is 12.5. The minimum atomic E-state index is -4.18. The summed E-state index contributed by atoms with van der Waals surface area (Å²) in [7, 11) is 0. The van der Waals surface area contributed by atoms with Crippen molar-refractivity contribution in [2.24, 2.45) is 0 Å². The van der Waals surface area contributed by atoms with Gasteiger partial charge in [0.1, 0.15) is 5.82 Å². The number of fused-ring (bicyclic) bond motifs is 1. The van der Waals surface area contributed by atoms with Crippen LogP contribution in [0.3, 0.4) is 0 Å². The van der Waals surface area contributed by atoms with E-state index in [1.165, 1.54) is 6.20 Å². The van der Waals surface area contributed by atoms with Crippen LogP contribution in [-0.4, -0.2) is 32.3 Å². The molecule has 2 heterocycles. The first-order chi connectivity index (χ1) is 7.97. The van der Waals surface area contributed by atoms with Crippen LogP contribution in [0.15, 0.2) is 12.4 Å². The molecule has 8 heteroatoms. The standard InChI is InChI=1S/C9H10F3N5/c1-6-15-16-8-7(14-4-5-17(6)8)13-3-2-9(10,11)12/h4-5H,2-3H2,1H3,(H,13,14). The minimum Gasteiger partial charge on any atom is -0.367 e. The summed E-state index contributed by atoms with van der Waals surface area (Å²) in [6.07, 6.45) is -1.95. The number of nitrogens with zero attached hydrogens (tertiary/aromatic N) is 4. The van der Waals surface area contributed by atoms with Crippen molar-refractivity contribution in [1.82, 2.24) is 19.6 Å². The quantitative estimate of drug-likeness (QED) is 0.895. The average Bonchev–Trinajstić information content (AvgIpc) is 2.60. The smallest absolute Gasteiger partial charge is 0.367 e. The molecule has 2 aromatic rings. The molecule has 0 bridgehead atoms. The number of alkyl halides is 3. The second-order valence-electron chi connectivity index (χ2n) is 3.51. The summed E-state index contributed by atoms with van der Waals surface area (Å²) in [6, 6.07) is 0. The molecule has 0 saturated carbocycles. The van der Waals surface area contributed by atoms with Gasteiger partial charge < -0.3 is 5.32 Å². The highest BCUT2D eigenvalue weighted by atomic mass is 19.4. The van der Waals surface area contributed by atoms with Gasteiger partial charge in [-0.1, -0.05) is 0 Å². The SMILES string of the molecule is Cc1nnc2c(NCCC(F)(F)F)nccn12. The van der Waals surface area contributed by atoms with Crippen molar-refractivity contribution in [1.29, 1.82) is 0 Å². The zero-order valence-electron chi connectivity index (χ0n) is 8.99. The van der Waals surface area contributed by atoms with Crippen molar-refractivity contribution < 1.29 is 13.2 Å². The zero-order valence-corrected chi connectivity index (χ0v) is 8.99. The normalized spacial score (nSPS) is 12.0. The van der Waals surface area contributed by atoms with Gasteiger partial charge in [-0.3, -0.25) is 4.40 Å². The van der Waals surface area contributed by atoms with Gasteiger partial charge in [-0.15, -0.1) is 10.2 Å². The molecule has 92 valence electrons. The van der Waals surface area contributed by atoms with E-state index in [9.17, 15) is 13.2 Å². The summed E-state index contributed by atoms with van der Waals surface area (Å²) < 4.78 is 37.6. The Morgan fingerprint density at radius 1 is 1.35 bits per heavy atom. The molecule has 1 N–H and O–H groups in total. The van der Waals surface area contributed by atoms with E-state index in [0.29, 0.717) is 17.3 Å². The Morgan fingerprint density at radius 2 is 2.12 bits per heavy atom. The first-order valence-electron chi connectivity index (χ1n) is 4.94. The molecule has 0 atom stereocenters. The highest BCUT2D eigenvalue weighted by Gasteiger charge is 2.26. The lowest BCUT2D eigenvalue weighted by atomic mass is 10.4. The van der Waals surface area contributed by atoms with E-state index in [1.807, 2.05) is 0 Å². The monoisotopic (exact) mass is 245 g/mol. The molecule has 17 heavy (non-hydrogen) atoms. The lowest BCUT2D eigenvalue weighted by Crippen LogP contribution is -2.15. The number of anilines is 1. The van der Waals surface area contributed by atoms with Gasteiger partial charge in [0.2, 0.25) is 5.65 Å². The molecule has 0 radical (unpaired) electrons. The second kappa shape index (κ2) is 4.19. The summed E-state index contributed by atoms with van der Waals surface area (Å²) in [5.41, 5.74) is 0.423. The van der Waals surface area contributed by atoms with Crippen LogP contribution in [-0.2, 0) is 0 Å². The second-order valence-corrected chi connectivity index (χ2v) is 3.51. The number of nitrogens with one attached hydrogen (secondary N) is 1. The van der Waals surface area contributed by atoms with Crippen LogP contribution in [0, 0.1) is 6.92 Å². The van der Waals surface area contributed by atoms with Crippen LogP contribution in [0.25, 0.3) is 5.65 Å². The summed E-state index contributed by atoms with van der Waals surface area (Å²) in [6.45, 7) is 1.52. The van der Waals surface area contributed by atoms with Gasteiger partial charge >= 0.3 is 6.18 Å². The molecule has 0 aliphatic heterocycles. The Kier molecular flexibility index (Phi) is 2.86.